The van der Waals surface area contributed by atoms with Gasteiger partial charge >= 0.3 is 0 Å². The zero-order valence-electron chi connectivity index (χ0n) is 8.33. The lowest BCUT2D eigenvalue weighted by atomic mass is 10.1. The Balaban J connectivity index is 2.36. The maximum atomic E-state index is 11.4. The lowest BCUT2D eigenvalue weighted by Crippen LogP contribution is -2.32. The van der Waals surface area contributed by atoms with Crippen LogP contribution in [0.5, 0.6) is 0 Å². The Hall–Kier alpha value is -1.81. The Morgan fingerprint density at radius 2 is 2.31 bits per heavy atom. The van der Waals surface area contributed by atoms with Gasteiger partial charge < -0.3 is 4.57 Å². The minimum atomic E-state index is -0.197. The van der Waals surface area contributed by atoms with Crippen molar-refractivity contribution < 1.29 is 0 Å². The number of nitrogens with one attached hydrogen (secondary N) is 1. The van der Waals surface area contributed by atoms with Gasteiger partial charge in [0.05, 0.1) is 12.2 Å². The molecule has 0 radical (unpaired) electrons. The minimum absolute atomic E-state index is 0.197. The van der Waals surface area contributed by atoms with Gasteiger partial charge in [-0.2, -0.15) is 0 Å². The van der Waals surface area contributed by atoms with E-state index < -0.39 is 0 Å². The number of aromatic nitrogens is 2. The van der Waals surface area contributed by atoms with Gasteiger partial charge in [0.15, 0.2) is 0 Å². The second kappa shape index (κ2) is 3.09. The van der Waals surface area contributed by atoms with Gasteiger partial charge in [0, 0.05) is 5.02 Å². The second-order valence-electron chi connectivity index (χ2n) is 3.70. The van der Waals surface area contributed by atoms with Crippen LogP contribution in [0.3, 0.4) is 0 Å². The minimum Gasteiger partial charge on any atom is -0.303 e. The van der Waals surface area contributed by atoms with E-state index >= 15 is 0 Å². The third-order valence-corrected chi connectivity index (χ3v) is 2.90. The van der Waals surface area contributed by atoms with E-state index in [2.05, 4.69) is 16.6 Å². The maximum absolute atomic E-state index is 11.4. The van der Waals surface area contributed by atoms with Crippen molar-refractivity contribution in [1.82, 2.24) is 9.55 Å². The molecular formula is C11H8ClN3O. The molecule has 1 N–H and O–H groups in total. The lowest BCUT2D eigenvalue weighted by molar-refractivity contribution is 0.705. The number of benzene rings is 1. The van der Waals surface area contributed by atoms with Crippen LogP contribution in [0.1, 0.15) is 5.56 Å². The largest absolute Gasteiger partial charge is 0.303 e. The van der Waals surface area contributed by atoms with Gasteiger partial charge in [0.1, 0.15) is 5.35 Å². The fourth-order valence-corrected chi connectivity index (χ4v) is 2.02. The van der Waals surface area contributed by atoms with Gasteiger partial charge in [-0.05, 0) is 23.8 Å². The van der Waals surface area contributed by atoms with E-state index in [0.717, 1.165) is 11.3 Å². The first-order valence-electron chi connectivity index (χ1n) is 4.80. The van der Waals surface area contributed by atoms with Crippen molar-refractivity contribution in [2.45, 2.75) is 6.54 Å². The van der Waals surface area contributed by atoms with E-state index in [9.17, 15) is 4.79 Å². The van der Waals surface area contributed by atoms with Crippen molar-refractivity contribution in [1.29, 1.82) is 0 Å². The predicted octanol–water partition coefficient (Wildman–Crippen LogP) is 0.553. The molecule has 0 fully saturated rings. The summed E-state index contributed by atoms with van der Waals surface area (Å²) in [7, 11) is 0. The molecule has 4 nitrogen and oxygen atoms in total. The van der Waals surface area contributed by atoms with Crippen LogP contribution in [0.25, 0.3) is 6.58 Å². The molecule has 5 heteroatoms. The molecule has 16 heavy (non-hydrogen) atoms. The number of fused-ring (bicyclic) bond motifs is 2. The highest BCUT2D eigenvalue weighted by Crippen LogP contribution is 2.24. The fourth-order valence-electron chi connectivity index (χ4n) is 1.82. The van der Waals surface area contributed by atoms with E-state index in [4.69, 9.17) is 11.6 Å². The summed E-state index contributed by atoms with van der Waals surface area (Å²) in [5.41, 5.74) is 2.18. The summed E-state index contributed by atoms with van der Waals surface area (Å²) in [4.78, 5) is 18.4. The Bertz CT molecular complexity index is 742. The summed E-state index contributed by atoms with van der Waals surface area (Å²) in [5.74, 6) is 0. The standard InChI is InChI=1S/C11H8ClN3O/c1-6-10(16)14-11-13-9-3-2-8(12)4-7(9)5-15(6)11/h2-4H,1,5H2,(H,13,14,16). The van der Waals surface area contributed by atoms with Crippen LogP contribution < -0.4 is 16.5 Å². The molecule has 3 rings (SSSR count). The van der Waals surface area contributed by atoms with Gasteiger partial charge in [0.25, 0.3) is 5.56 Å². The quantitative estimate of drug-likeness (QED) is 0.606. The summed E-state index contributed by atoms with van der Waals surface area (Å²) < 4.78 is 1.75. The zero-order chi connectivity index (χ0) is 11.3. The number of nitrogens with zero attached hydrogens (tertiary/aromatic N) is 2. The molecule has 0 bridgehead atoms. The summed E-state index contributed by atoms with van der Waals surface area (Å²) in [6.07, 6.45) is 0. The third kappa shape index (κ3) is 1.23. The SMILES string of the molecule is C=c1c(=O)[nH]c2n1Cc1cc(Cl)ccc1N=2. The van der Waals surface area contributed by atoms with E-state index in [1.807, 2.05) is 12.1 Å². The number of imidazole rings is 1. The Morgan fingerprint density at radius 3 is 3.12 bits per heavy atom. The van der Waals surface area contributed by atoms with Crippen molar-refractivity contribution in [3.63, 3.8) is 0 Å². The summed E-state index contributed by atoms with van der Waals surface area (Å²) in [5, 5.41) is 1.09. The number of aromatic amines is 1. The Morgan fingerprint density at radius 1 is 1.50 bits per heavy atom. The molecule has 1 aliphatic rings. The number of halogens is 1. The Kier molecular flexibility index (Phi) is 1.82. The van der Waals surface area contributed by atoms with E-state index in [-0.39, 0.29) is 5.56 Å². The fraction of sp³-hybridized carbons (Fsp3) is 0.0909. The summed E-state index contributed by atoms with van der Waals surface area (Å²) in [6.45, 7) is 4.29. The molecule has 0 amide bonds. The number of hydrogen-bond acceptors (Lipinski definition) is 2. The maximum Gasteiger partial charge on any atom is 0.274 e. The van der Waals surface area contributed by atoms with Crippen LogP contribution >= 0.6 is 11.6 Å². The van der Waals surface area contributed by atoms with Gasteiger partial charge in [-0.25, -0.2) is 4.99 Å². The van der Waals surface area contributed by atoms with Gasteiger partial charge in [-0.15, -0.1) is 0 Å². The first kappa shape index (κ1) is 9.42. The molecule has 0 spiro atoms. The van der Waals surface area contributed by atoms with Crippen LogP contribution in [0.4, 0.5) is 5.69 Å². The van der Waals surface area contributed by atoms with Crippen molar-refractivity contribution in [2.75, 3.05) is 0 Å². The molecule has 2 aromatic rings. The van der Waals surface area contributed by atoms with Crippen LogP contribution in [-0.4, -0.2) is 9.55 Å². The molecule has 1 aromatic heterocycles. The third-order valence-electron chi connectivity index (χ3n) is 2.67. The summed E-state index contributed by atoms with van der Waals surface area (Å²) >= 11 is 5.91. The van der Waals surface area contributed by atoms with Crippen molar-refractivity contribution in [3.05, 3.63) is 50.1 Å². The smallest absolute Gasteiger partial charge is 0.274 e. The monoisotopic (exact) mass is 233 g/mol. The molecule has 1 aliphatic heterocycles. The van der Waals surface area contributed by atoms with Crippen molar-refractivity contribution in [2.24, 2.45) is 4.99 Å². The molecule has 2 heterocycles. The topological polar surface area (TPSA) is 50.1 Å². The molecule has 0 saturated heterocycles. The van der Waals surface area contributed by atoms with Crippen LogP contribution in [-0.2, 0) is 6.54 Å². The van der Waals surface area contributed by atoms with E-state index in [0.29, 0.717) is 22.5 Å². The zero-order valence-corrected chi connectivity index (χ0v) is 9.08. The van der Waals surface area contributed by atoms with E-state index in [1.54, 1.807) is 10.6 Å². The normalized spacial score (nSPS) is 12.8. The average molecular weight is 234 g/mol. The predicted molar refractivity (Wildman–Crippen MR) is 61.6 cm³/mol. The molecule has 0 unspecified atom stereocenters. The number of hydrogen-bond donors (Lipinski definition) is 1. The molecule has 0 atom stereocenters. The van der Waals surface area contributed by atoms with Crippen LogP contribution in [0.2, 0.25) is 5.02 Å². The first-order chi connectivity index (χ1) is 7.65. The number of H-pyrrole nitrogens is 1. The van der Waals surface area contributed by atoms with Crippen molar-refractivity contribution >= 4 is 23.9 Å². The lowest BCUT2D eigenvalue weighted by Gasteiger charge is -2.12. The van der Waals surface area contributed by atoms with Crippen molar-refractivity contribution in [3.8, 4) is 0 Å². The first-order valence-corrected chi connectivity index (χ1v) is 5.18. The molecule has 0 saturated carbocycles. The molecule has 80 valence electrons. The molecular weight excluding hydrogens is 226 g/mol. The van der Waals surface area contributed by atoms with Gasteiger partial charge in [-0.3, -0.25) is 9.78 Å². The average Bonchev–Trinajstić information content (AvgIpc) is 2.52. The second-order valence-corrected chi connectivity index (χ2v) is 4.13. The summed E-state index contributed by atoms with van der Waals surface area (Å²) in [6, 6.07) is 5.48. The molecule has 0 aliphatic carbocycles. The van der Waals surface area contributed by atoms with Gasteiger partial charge in [-0.1, -0.05) is 18.2 Å². The van der Waals surface area contributed by atoms with Crippen LogP contribution in [0, 0.1) is 0 Å². The Labute approximate surface area is 95.5 Å². The highest BCUT2D eigenvalue weighted by atomic mass is 35.5. The number of rotatable bonds is 0. The van der Waals surface area contributed by atoms with Gasteiger partial charge in [0.2, 0.25) is 5.62 Å². The highest BCUT2D eigenvalue weighted by molar-refractivity contribution is 6.30. The van der Waals surface area contributed by atoms with E-state index in [1.165, 1.54) is 0 Å². The molecule has 1 aromatic carbocycles. The highest BCUT2D eigenvalue weighted by Gasteiger charge is 2.12. The van der Waals surface area contributed by atoms with Crippen LogP contribution in [0.15, 0.2) is 28.0 Å².